The average molecular weight is 392 g/mol. The molecule has 2 fully saturated rings. The lowest BCUT2D eigenvalue weighted by molar-refractivity contribution is 0.0742. The van der Waals surface area contributed by atoms with Crippen LogP contribution in [0.15, 0.2) is 18.2 Å². The first kappa shape index (κ1) is 18.3. The van der Waals surface area contributed by atoms with Gasteiger partial charge in [-0.25, -0.2) is 8.78 Å². The van der Waals surface area contributed by atoms with Crippen molar-refractivity contribution in [2.45, 2.75) is 38.0 Å². The van der Waals surface area contributed by atoms with Gasteiger partial charge in [0.05, 0.1) is 5.56 Å². The zero-order chi connectivity index (χ0) is 18.8. The second-order valence-electron chi connectivity index (χ2n) is 7.16. The van der Waals surface area contributed by atoms with Crippen LogP contribution in [0.5, 0.6) is 0 Å². The number of carbonyl (C=O) groups is 1. The molecule has 0 N–H and O–H groups in total. The van der Waals surface area contributed by atoms with Crippen LogP contribution in [0.1, 0.15) is 53.4 Å². The van der Waals surface area contributed by atoms with Gasteiger partial charge in [0.15, 0.2) is 0 Å². The Bertz CT molecular complexity index is 814. The summed E-state index contributed by atoms with van der Waals surface area (Å²) in [6.45, 7) is 2.23. The van der Waals surface area contributed by atoms with Crippen LogP contribution < -0.4 is 4.90 Å². The molecule has 27 heavy (non-hydrogen) atoms. The van der Waals surface area contributed by atoms with Crippen LogP contribution in [0.3, 0.4) is 0 Å². The summed E-state index contributed by atoms with van der Waals surface area (Å²) >= 11 is 1.65. The van der Waals surface area contributed by atoms with E-state index in [1.54, 1.807) is 16.2 Å². The standard InChI is InChI=1S/C19H22F2N4OS/c20-14-6-7-15(16(21)12-14)18(26)24-8-10-25(11-9-24)19-23-22-17(27-19)13-4-2-1-3-5-13/h6-7,12-13H,1-5,8-11H2. The van der Waals surface area contributed by atoms with E-state index in [1.165, 1.54) is 38.2 Å². The summed E-state index contributed by atoms with van der Waals surface area (Å²) in [4.78, 5) is 16.2. The summed E-state index contributed by atoms with van der Waals surface area (Å²) in [5.41, 5.74) is -0.0830. The van der Waals surface area contributed by atoms with Crippen molar-refractivity contribution in [3.63, 3.8) is 0 Å². The second-order valence-corrected chi connectivity index (χ2v) is 8.15. The third-order valence-electron chi connectivity index (χ3n) is 5.38. The summed E-state index contributed by atoms with van der Waals surface area (Å²) < 4.78 is 26.9. The minimum absolute atomic E-state index is 0.0830. The summed E-state index contributed by atoms with van der Waals surface area (Å²) in [5.74, 6) is -1.36. The molecule has 0 bridgehead atoms. The molecule has 1 aliphatic carbocycles. The number of hydrogen-bond acceptors (Lipinski definition) is 5. The van der Waals surface area contributed by atoms with Gasteiger partial charge < -0.3 is 9.80 Å². The smallest absolute Gasteiger partial charge is 0.256 e. The summed E-state index contributed by atoms with van der Waals surface area (Å²) in [6.07, 6.45) is 6.23. The molecular weight excluding hydrogens is 370 g/mol. The zero-order valence-electron chi connectivity index (χ0n) is 15.0. The lowest BCUT2D eigenvalue weighted by Crippen LogP contribution is -2.49. The largest absolute Gasteiger partial charge is 0.343 e. The highest BCUT2D eigenvalue weighted by Gasteiger charge is 2.27. The van der Waals surface area contributed by atoms with Gasteiger partial charge in [-0.15, -0.1) is 10.2 Å². The molecule has 8 heteroatoms. The molecule has 0 spiro atoms. The van der Waals surface area contributed by atoms with Gasteiger partial charge >= 0.3 is 0 Å². The molecule has 1 aromatic heterocycles. The molecule has 2 aliphatic rings. The average Bonchev–Trinajstić information content (AvgIpc) is 3.19. The second kappa shape index (κ2) is 7.88. The van der Waals surface area contributed by atoms with Gasteiger partial charge in [-0.2, -0.15) is 0 Å². The predicted octanol–water partition coefficient (Wildman–Crippen LogP) is 3.83. The van der Waals surface area contributed by atoms with Crippen LogP contribution in [0.2, 0.25) is 0 Å². The van der Waals surface area contributed by atoms with E-state index in [-0.39, 0.29) is 5.56 Å². The third kappa shape index (κ3) is 3.95. The molecular formula is C19H22F2N4OS. The molecule has 1 aliphatic heterocycles. The fourth-order valence-corrected chi connectivity index (χ4v) is 4.87. The minimum Gasteiger partial charge on any atom is -0.343 e. The van der Waals surface area contributed by atoms with Crippen LogP contribution in [-0.4, -0.2) is 47.2 Å². The Morgan fingerprint density at radius 3 is 2.48 bits per heavy atom. The molecule has 0 atom stereocenters. The van der Waals surface area contributed by atoms with Crippen molar-refractivity contribution in [2.75, 3.05) is 31.1 Å². The Morgan fingerprint density at radius 2 is 1.78 bits per heavy atom. The van der Waals surface area contributed by atoms with E-state index < -0.39 is 17.5 Å². The normalized spacial score (nSPS) is 18.7. The number of hydrogen-bond donors (Lipinski definition) is 0. The number of aromatic nitrogens is 2. The number of halogens is 2. The molecule has 2 aromatic rings. The first-order valence-corrected chi connectivity index (χ1v) is 10.3. The molecule has 4 rings (SSSR count). The molecule has 0 unspecified atom stereocenters. The number of carbonyl (C=O) groups excluding carboxylic acids is 1. The molecule has 2 heterocycles. The zero-order valence-corrected chi connectivity index (χ0v) is 15.9. The number of piperazine rings is 1. The number of anilines is 1. The van der Waals surface area contributed by atoms with Crippen LogP contribution >= 0.6 is 11.3 Å². The van der Waals surface area contributed by atoms with Crippen LogP contribution in [0.4, 0.5) is 13.9 Å². The monoisotopic (exact) mass is 392 g/mol. The molecule has 1 aromatic carbocycles. The highest BCUT2D eigenvalue weighted by Crippen LogP contribution is 2.36. The summed E-state index contributed by atoms with van der Waals surface area (Å²) in [6, 6.07) is 3.07. The number of amides is 1. The maximum Gasteiger partial charge on any atom is 0.256 e. The summed E-state index contributed by atoms with van der Waals surface area (Å²) in [5, 5.41) is 10.8. The van der Waals surface area contributed by atoms with Crippen molar-refractivity contribution < 1.29 is 13.6 Å². The van der Waals surface area contributed by atoms with Crippen molar-refractivity contribution in [1.29, 1.82) is 0 Å². The van der Waals surface area contributed by atoms with E-state index in [1.807, 2.05) is 0 Å². The van der Waals surface area contributed by atoms with Gasteiger partial charge in [-0.3, -0.25) is 4.79 Å². The molecule has 0 radical (unpaired) electrons. The number of nitrogens with zero attached hydrogens (tertiary/aromatic N) is 4. The van der Waals surface area contributed by atoms with Gasteiger partial charge in [-0.1, -0.05) is 30.6 Å². The van der Waals surface area contributed by atoms with E-state index in [0.717, 1.165) is 22.3 Å². The van der Waals surface area contributed by atoms with Crippen molar-refractivity contribution in [3.8, 4) is 0 Å². The first-order chi connectivity index (χ1) is 13.1. The number of benzene rings is 1. The lowest BCUT2D eigenvalue weighted by Gasteiger charge is -2.34. The van der Waals surface area contributed by atoms with Gasteiger partial charge in [0, 0.05) is 38.2 Å². The Kier molecular flexibility index (Phi) is 5.33. The summed E-state index contributed by atoms with van der Waals surface area (Å²) in [7, 11) is 0. The fourth-order valence-electron chi connectivity index (χ4n) is 3.80. The van der Waals surface area contributed by atoms with Gasteiger partial charge in [0.2, 0.25) is 5.13 Å². The third-order valence-corrected chi connectivity index (χ3v) is 6.53. The Morgan fingerprint density at radius 1 is 1.04 bits per heavy atom. The van der Waals surface area contributed by atoms with Gasteiger partial charge in [0.25, 0.3) is 5.91 Å². The molecule has 1 saturated carbocycles. The van der Waals surface area contributed by atoms with E-state index in [9.17, 15) is 13.6 Å². The Labute approximate surface area is 161 Å². The van der Waals surface area contributed by atoms with Gasteiger partial charge in [0.1, 0.15) is 16.6 Å². The topological polar surface area (TPSA) is 49.3 Å². The molecule has 144 valence electrons. The Balaban J connectivity index is 1.37. The Hall–Kier alpha value is -2.09. The molecule has 5 nitrogen and oxygen atoms in total. The van der Waals surface area contributed by atoms with Crippen molar-refractivity contribution in [3.05, 3.63) is 40.4 Å². The highest BCUT2D eigenvalue weighted by molar-refractivity contribution is 7.15. The van der Waals surface area contributed by atoms with E-state index in [2.05, 4.69) is 15.1 Å². The van der Waals surface area contributed by atoms with E-state index in [0.29, 0.717) is 32.1 Å². The quantitative estimate of drug-likeness (QED) is 0.797. The maximum atomic E-state index is 13.9. The van der Waals surface area contributed by atoms with Crippen molar-refractivity contribution >= 4 is 22.4 Å². The number of rotatable bonds is 3. The van der Waals surface area contributed by atoms with Gasteiger partial charge in [-0.05, 0) is 25.0 Å². The first-order valence-electron chi connectivity index (χ1n) is 9.44. The van der Waals surface area contributed by atoms with Crippen molar-refractivity contribution in [1.82, 2.24) is 15.1 Å². The lowest BCUT2D eigenvalue weighted by atomic mass is 9.90. The SMILES string of the molecule is O=C(c1ccc(F)cc1F)N1CCN(c2nnc(C3CCCCC3)s2)CC1. The van der Waals surface area contributed by atoms with Crippen molar-refractivity contribution in [2.24, 2.45) is 0 Å². The molecule has 1 amide bonds. The molecule has 1 saturated heterocycles. The van der Waals surface area contributed by atoms with Crippen LogP contribution in [0, 0.1) is 11.6 Å². The fraction of sp³-hybridized carbons (Fsp3) is 0.526. The highest BCUT2D eigenvalue weighted by atomic mass is 32.1. The van der Waals surface area contributed by atoms with Crippen LogP contribution in [0.25, 0.3) is 0 Å². The van der Waals surface area contributed by atoms with E-state index in [4.69, 9.17) is 0 Å². The minimum atomic E-state index is -0.816. The maximum absolute atomic E-state index is 13.9. The predicted molar refractivity (Wildman–Crippen MR) is 100 cm³/mol. The van der Waals surface area contributed by atoms with E-state index >= 15 is 0 Å². The van der Waals surface area contributed by atoms with Crippen LogP contribution in [-0.2, 0) is 0 Å².